The minimum absolute atomic E-state index is 0.00549. The van der Waals surface area contributed by atoms with E-state index in [0.29, 0.717) is 5.69 Å². The molecule has 1 unspecified atom stereocenters. The Bertz CT molecular complexity index is 582. The molecule has 0 spiro atoms. The molecule has 0 aliphatic heterocycles. The van der Waals surface area contributed by atoms with Crippen LogP contribution < -0.4 is 0 Å². The van der Waals surface area contributed by atoms with Crippen LogP contribution in [0.5, 0.6) is 0 Å². The predicted octanol–water partition coefficient (Wildman–Crippen LogP) is 3.42. The molecule has 1 heterocycles. The summed E-state index contributed by atoms with van der Waals surface area (Å²) in [4.78, 5) is 14.9. The van der Waals surface area contributed by atoms with Gasteiger partial charge in [-0.1, -0.05) is 19.1 Å². The third-order valence-corrected chi connectivity index (χ3v) is 2.79. The molecule has 8 heteroatoms. The van der Waals surface area contributed by atoms with Crippen LogP contribution in [-0.4, -0.2) is 21.5 Å². The largest absolute Gasteiger partial charge is 0.483 e. The van der Waals surface area contributed by atoms with Gasteiger partial charge in [-0.25, -0.2) is 9.37 Å². The summed E-state index contributed by atoms with van der Waals surface area (Å²) in [5.41, 5.74) is -0.686. The fraction of sp³-hybridized carbons (Fsp3) is 0.231. The molecule has 114 valence electrons. The van der Waals surface area contributed by atoms with Crippen LogP contribution in [0.4, 0.5) is 17.6 Å². The first-order valence-corrected chi connectivity index (χ1v) is 5.74. The van der Waals surface area contributed by atoms with Crippen molar-refractivity contribution in [2.75, 3.05) is 0 Å². The van der Waals surface area contributed by atoms with Crippen LogP contribution in [0, 0.1) is 5.82 Å². The predicted molar refractivity (Wildman–Crippen MR) is 66.2 cm³/mol. The van der Waals surface area contributed by atoms with E-state index in [4.69, 9.17) is 9.90 Å². The first-order valence-electron chi connectivity index (χ1n) is 5.74. The Kier molecular flexibility index (Phi) is 5.45. The van der Waals surface area contributed by atoms with E-state index in [-0.39, 0.29) is 12.0 Å². The molecule has 0 fully saturated rings. The van der Waals surface area contributed by atoms with Gasteiger partial charge in [0.25, 0.3) is 6.47 Å². The second-order valence-corrected chi connectivity index (χ2v) is 4.04. The minimum Gasteiger partial charge on any atom is -0.483 e. The average Bonchev–Trinajstić information content (AvgIpc) is 2.91. The number of benzene rings is 1. The van der Waals surface area contributed by atoms with Crippen molar-refractivity contribution in [2.45, 2.75) is 19.0 Å². The Morgan fingerprint density at radius 2 is 2.00 bits per heavy atom. The van der Waals surface area contributed by atoms with Gasteiger partial charge in [0.15, 0.2) is 0 Å². The summed E-state index contributed by atoms with van der Waals surface area (Å²) in [6, 6.07) is 3.28. The van der Waals surface area contributed by atoms with Crippen LogP contribution in [0.25, 0.3) is 0 Å². The molecule has 2 rings (SSSR count). The smallest absolute Gasteiger partial charge is 0.419 e. The first kappa shape index (κ1) is 16.7. The van der Waals surface area contributed by atoms with Crippen LogP contribution in [0.15, 0.2) is 30.7 Å². The number of nitrogens with zero attached hydrogens (tertiary/aromatic N) is 1. The van der Waals surface area contributed by atoms with Gasteiger partial charge in [-0.15, -0.1) is 0 Å². The number of aromatic nitrogens is 2. The molecule has 4 nitrogen and oxygen atoms in total. The van der Waals surface area contributed by atoms with E-state index in [1.807, 2.05) is 0 Å². The molecule has 21 heavy (non-hydrogen) atoms. The van der Waals surface area contributed by atoms with Gasteiger partial charge in [-0.2, -0.15) is 13.2 Å². The van der Waals surface area contributed by atoms with E-state index >= 15 is 0 Å². The molecular weight excluding hydrogens is 292 g/mol. The third-order valence-electron chi connectivity index (χ3n) is 2.79. The van der Waals surface area contributed by atoms with Gasteiger partial charge in [-0.3, -0.25) is 4.79 Å². The highest BCUT2D eigenvalue weighted by molar-refractivity contribution is 5.34. The molecule has 1 aromatic heterocycles. The van der Waals surface area contributed by atoms with Gasteiger partial charge in [-0.05, 0) is 11.6 Å². The normalized spacial score (nSPS) is 12.2. The lowest BCUT2D eigenvalue weighted by Gasteiger charge is -2.15. The van der Waals surface area contributed by atoms with Gasteiger partial charge < -0.3 is 10.1 Å². The monoisotopic (exact) mass is 304 g/mol. The van der Waals surface area contributed by atoms with Crippen LogP contribution in [0.1, 0.15) is 29.7 Å². The fourth-order valence-electron chi connectivity index (χ4n) is 1.77. The number of carboxylic acid groups (broad SMARTS) is 1. The maximum Gasteiger partial charge on any atom is 0.419 e. The number of imidazole rings is 1. The van der Waals surface area contributed by atoms with Crippen molar-refractivity contribution in [2.24, 2.45) is 0 Å². The maximum atomic E-state index is 13.9. The molecule has 0 radical (unpaired) electrons. The van der Waals surface area contributed by atoms with Gasteiger partial charge in [0.05, 0.1) is 11.9 Å². The molecular formula is C13H12F4N2O2. The summed E-state index contributed by atoms with van der Waals surface area (Å²) < 4.78 is 51.6. The highest BCUT2D eigenvalue weighted by atomic mass is 19.4. The zero-order valence-corrected chi connectivity index (χ0v) is 10.9. The lowest BCUT2D eigenvalue weighted by Crippen LogP contribution is -2.11. The molecule has 0 saturated heterocycles. The van der Waals surface area contributed by atoms with E-state index in [1.54, 1.807) is 6.92 Å². The lowest BCUT2D eigenvalue weighted by molar-refractivity contribution is -0.140. The van der Waals surface area contributed by atoms with E-state index in [2.05, 4.69) is 9.97 Å². The van der Waals surface area contributed by atoms with Crippen molar-refractivity contribution in [1.82, 2.24) is 9.97 Å². The molecule has 0 aliphatic carbocycles. The standard InChI is InChI=1S/C12H10F4N2.CH2O2/c1-7(10-5-17-6-18-10)8-3-2-4-9(11(8)13)12(14,15)16;2-1-3/h2-7H,1H3,(H,17,18);1H,(H,2,3). The number of hydrogen-bond donors (Lipinski definition) is 2. The van der Waals surface area contributed by atoms with Crippen molar-refractivity contribution in [3.05, 3.63) is 53.4 Å². The molecule has 2 N–H and O–H groups in total. The van der Waals surface area contributed by atoms with Gasteiger partial charge in [0.1, 0.15) is 5.82 Å². The molecule has 0 bridgehead atoms. The Balaban J connectivity index is 0.000000677. The third kappa shape index (κ3) is 4.04. The average molecular weight is 304 g/mol. The van der Waals surface area contributed by atoms with Crippen molar-refractivity contribution in [1.29, 1.82) is 0 Å². The lowest BCUT2D eigenvalue weighted by atomic mass is 9.95. The number of aromatic amines is 1. The van der Waals surface area contributed by atoms with Gasteiger partial charge in [0, 0.05) is 17.8 Å². The Morgan fingerprint density at radius 3 is 2.48 bits per heavy atom. The maximum absolute atomic E-state index is 13.9. The van der Waals surface area contributed by atoms with Crippen LogP contribution >= 0.6 is 0 Å². The zero-order chi connectivity index (χ0) is 16.0. The summed E-state index contributed by atoms with van der Waals surface area (Å²) >= 11 is 0. The molecule has 2 aromatic rings. The highest BCUT2D eigenvalue weighted by Gasteiger charge is 2.35. The second kappa shape index (κ2) is 6.87. The van der Waals surface area contributed by atoms with E-state index in [1.165, 1.54) is 24.7 Å². The zero-order valence-electron chi connectivity index (χ0n) is 10.9. The number of hydrogen-bond acceptors (Lipinski definition) is 2. The summed E-state index contributed by atoms with van der Waals surface area (Å²) in [6.07, 6.45) is -1.82. The van der Waals surface area contributed by atoms with E-state index in [9.17, 15) is 17.6 Å². The van der Waals surface area contributed by atoms with Gasteiger partial charge in [0.2, 0.25) is 0 Å². The molecule has 1 atom stereocenters. The Hall–Kier alpha value is -2.38. The summed E-state index contributed by atoms with van der Waals surface area (Å²) in [5, 5.41) is 6.89. The SMILES string of the molecule is CC(c1cnc[nH]1)c1cccc(C(F)(F)F)c1F.O=CO. The van der Waals surface area contributed by atoms with Crippen LogP contribution in [0.3, 0.4) is 0 Å². The van der Waals surface area contributed by atoms with E-state index < -0.39 is 23.5 Å². The van der Waals surface area contributed by atoms with Crippen molar-refractivity contribution >= 4 is 6.47 Å². The number of alkyl halides is 3. The van der Waals surface area contributed by atoms with Crippen molar-refractivity contribution in [3.8, 4) is 0 Å². The molecule has 1 aromatic carbocycles. The van der Waals surface area contributed by atoms with Crippen molar-refractivity contribution in [3.63, 3.8) is 0 Å². The summed E-state index contributed by atoms with van der Waals surface area (Å²) in [7, 11) is 0. The van der Waals surface area contributed by atoms with Crippen LogP contribution in [0.2, 0.25) is 0 Å². The van der Waals surface area contributed by atoms with Crippen molar-refractivity contribution < 1.29 is 27.5 Å². The van der Waals surface area contributed by atoms with Crippen LogP contribution in [-0.2, 0) is 11.0 Å². The Labute approximate surface area is 117 Å². The van der Waals surface area contributed by atoms with E-state index in [0.717, 1.165) is 6.07 Å². The number of rotatable bonds is 2. The topological polar surface area (TPSA) is 66.0 Å². The highest BCUT2D eigenvalue weighted by Crippen LogP contribution is 2.35. The Morgan fingerprint density at radius 1 is 1.38 bits per heavy atom. The second-order valence-electron chi connectivity index (χ2n) is 4.04. The number of carbonyl (C=O) groups is 1. The first-order chi connectivity index (χ1) is 9.82. The summed E-state index contributed by atoms with van der Waals surface area (Å²) in [5.74, 6) is -1.75. The number of halogens is 4. The fourth-order valence-corrected chi connectivity index (χ4v) is 1.77. The minimum atomic E-state index is -4.69. The number of nitrogens with one attached hydrogen (secondary N) is 1. The van der Waals surface area contributed by atoms with Gasteiger partial charge >= 0.3 is 6.18 Å². The molecule has 0 aliphatic rings. The molecule has 0 saturated carbocycles. The quantitative estimate of drug-likeness (QED) is 0.660. The number of H-pyrrole nitrogens is 1. The summed E-state index contributed by atoms with van der Waals surface area (Å²) in [6.45, 7) is 1.37. The molecule has 0 amide bonds.